The Morgan fingerprint density at radius 2 is 1.84 bits per heavy atom. The molecule has 1 heterocycles. The molecule has 7 atom stereocenters. The Kier molecular flexibility index (Phi) is 7.13. The molecule has 0 aromatic rings. The fourth-order valence-electron chi connectivity index (χ4n) is 6.70. The van der Waals surface area contributed by atoms with Gasteiger partial charge in [0.2, 0.25) is 6.29 Å². The number of carbonyl (C=O) groups excluding carboxylic acids is 1. The molecule has 180 valence electrons. The third kappa shape index (κ3) is 5.41. The van der Waals surface area contributed by atoms with Gasteiger partial charge in [-0.15, -0.1) is 0 Å². The molecule has 0 aromatic heterocycles. The third-order valence-electron chi connectivity index (χ3n) is 8.36. The molecule has 0 N–H and O–H groups in total. The van der Waals surface area contributed by atoms with Crippen molar-refractivity contribution < 1.29 is 18.7 Å². The first-order valence-electron chi connectivity index (χ1n) is 12.7. The summed E-state index contributed by atoms with van der Waals surface area (Å²) in [4.78, 5) is 12.5. The van der Waals surface area contributed by atoms with E-state index in [9.17, 15) is 4.79 Å². The van der Waals surface area contributed by atoms with Crippen LogP contribution in [0.5, 0.6) is 0 Å². The molecule has 3 rings (SSSR count). The number of ether oxygens (including phenoxy) is 2. The van der Waals surface area contributed by atoms with Crippen molar-refractivity contribution >= 4 is 14.3 Å². The molecular formula is C26H48O4Si. The summed E-state index contributed by atoms with van der Waals surface area (Å²) in [5.41, 5.74) is -0.573. The number of rotatable bonds is 7. The van der Waals surface area contributed by atoms with E-state index in [-0.39, 0.29) is 11.4 Å². The van der Waals surface area contributed by atoms with E-state index in [1.807, 2.05) is 6.92 Å². The summed E-state index contributed by atoms with van der Waals surface area (Å²) in [6.45, 7) is 20.1. The van der Waals surface area contributed by atoms with Gasteiger partial charge in [0.15, 0.2) is 13.9 Å². The number of fused-ring (bicyclic) bond motifs is 1. The number of hydrogen-bond acceptors (Lipinski definition) is 4. The lowest BCUT2D eigenvalue weighted by molar-refractivity contribution is -0.155. The lowest BCUT2D eigenvalue weighted by Crippen LogP contribution is -2.46. The normalized spacial score (nSPS) is 40.0. The Morgan fingerprint density at radius 1 is 1.16 bits per heavy atom. The minimum atomic E-state index is -1.51. The highest BCUT2D eigenvalue weighted by atomic mass is 28.4. The molecule has 3 fully saturated rings. The number of cyclic esters (lactones) is 1. The molecule has 1 aliphatic heterocycles. The van der Waals surface area contributed by atoms with E-state index in [0.29, 0.717) is 17.4 Å². The van der Waals surface area contributed by atoms with Gasteiger partial charge in [-0.1, -0.05) is 47.5 Å². The predicted molar refractivity (Wildman–Crippen MR) is 128 cm³/mol. The molecule has 0 radical (unpaired) electrons. The van der Waals surface area contributed by atoms with Gasteiger partial charge in [-0.3, -0.25) is 0 Å². The van der Waals surface area contributed by atoms with Crippen molar-refractivity contribution in [1.82, 2.24) is 0 Å². The third-order valence-corrected chi connectivity index (χ3v) is 9.37. The average molecular weight is 453 g/mol. The second kappa shape index (κ2) is 8.75. The van der Waals surface area contributed by atoms with Crippen LogP contribution >= 0.6 is 0 Å². The van der Waals surface area contributed by atoms with Crippen molar-refractivity contribution in [3.8, 4) is 0 Å². The highest BCUT2D eigenvalue weighted by Crippen LogP contribution is 2.59. The largest absolute Gasteiger partial charge is 0.433 e. The van der Waals surface area contributed by atoms with Gasteiger partial charge in [0, 0.05) is 11.5 Å². The van der Waals surface area contributed by atoms with Crippen LogP contribution in [0.4, 0.5) is 0 Å². The average Bonchev–Trinajstić information content (AvgIpc) is 3.11. The Morgan fingerprint density at radius 3 is 2.42 bits per heavy atom. The number of esters is 1. The highest BCUT2D eigenvalue weighted by molar-refractivity contribution is 6.69. The number of carbonyl (C=O) groups is 1. The molecule has 5 heteroatoms. The molecule has 2 aliphatic carbocycles. The summed E-state index contributed by atoms with van der Waals surface area (Å²) in [5.74, 6) is 1.96. The van der Waals surface area contributed by atoms with Crippen LogP contribution in [0.2, 0.25) is 19.6 Å². The molecule has 1 saturated heterocycles. The fourth-order valence-corrected chi connectivity index (χ4v) is 7.89. The maximum atomic E-state index is 12.5. The monoisotopic (exact) mass is 452 g/mol. The quantitative estimate of drug-likeness (QED) is 0.310. The van der Waals surface area contributed by atoms with E-state index in [4.69, 9.17) is 13.9 Å². The second-order valence-electron chi connectivity index (χ2n) is 13.3. The molecule has 2 saturated carbocycles. The molecule has 0 amide bonds. The van der Waals surface area contributed by atoms with Gasteiger partial charge in [-0.05, 0) is 88.3 Å². The molecule has 3 aliphatic rings. The van der Waals surface area contributed by atoms with Crippen LogP contribution in [0.3, 0.4) is 0 Å². The molecule has 0 aromatic carbocycles. The van der Waals surface area contributed by atoms with Crippen LogP contribution in [0.15, 0.2) is 0 Å². The van der Waals surface area contributed by atoms with E-state index < -0.39 is 20.2 Å². The summed E-state index contributed by atoms with van der Waals surface area (Å²) in [6, 6.07) is 0. The Bertz CT molecular complexity index is 651. The van der Waals surface area contributed by atoms with Crippen LogP contribution in [-0.2, 0) is 18.7 Å². The SMILES string of the molecule is C[C@H](CCC[C@@]1(C)O[C@H](C(C)(C)C)OC1=O)[C@H]1CCC2C(O[Si](C)(C)C)CCC[C@]21C. The first kappa shape index (κ1) is 25.2. The highest BCUT2D eigenvalue weighted by Gasteiger charge is 2.54. The van der Waals surface area contributed by atoms with E-state index in [1.165, 1.54) is 32.1 Å². The second-order valence-corrected chi connectivity index (χ2v) is 17.7. The maximum absolute atomic E-state index is 12.5. The first-order valence-corrected chi connectivity index (χ1v) is 16.1. The van der Waals surface area contributed by atoms with Crippen LogP contribution in [0, 0.1) is 28.6 Å². The minimum Gasteiger partial charge on any atom is -0.433 e. The molecule has 0 bridgehead atoms. The van der Waals surface area contributed by atoms with Crippen molar-refractivity contribution in [2.24, 2.45) is 28.6 Å². The van der Waals surface area contributed by atoms with Crippen LogP contribution < -0.4 is 0 Å². The Balaban J connectivity index is 1.57. The fraction of sp³-hybridized carbons (Fsp3) is 0.962. The van der Waals surface area contributed by atoms with Crippen molar-refractivity contribution in [3.05, 3.63) is 0 Å². The molecular weight excluding hydrogens is 404 g/mol. The van der Waals surface area contributed by atoms with Gasteiger partial charge in [0.25, 0.3) is 0 Å². The zero-order valence-electron chi connectivity index (χ0n) is 21.7. The van der Waals surface area contributed by atoms with Gasteiger partial charge < -0.3 is 13.9 Å². The topological polar surface area (TPSA) is 44.8 Å². The smallest absolute Gasteiger partial charge is 0.340 e. The molecule has 2 unspecified atom stereocenters. The van der Waals surface area contributed by atoms with Gasteiger partial charge in [0.05, 0.1) is 0 Å². The molecule has 4 nitrogen and oxygen atoms in total. The summed E-state index contributed by atoms with van der Waals surface area (Å²) >= 11 is 0. The Hall–Kier alpha value is -0.393. The zero-order chi connectivity index (χ0) is 23.2. The van der Waals surface area contributed by atoms with E-state index >= 15 is 0 Å². The molecule has 31 heavy (non-hydrogen) atoms. The van der Waals surface area contributed by atoms with Crippen LogP contribution in [-0.4, -0.2) is 32.3 Å². The lowest BCUT2D eigenvalue weighted by atomic mass is 9.61. The van der Waals surface area contributed by atoms with Crippen molar-refractivity contribution in [3.63, 3.8) is 0 Å². The van der Waals surface area contributed by atoms with Gasteiger partial charge in [-0.2, -0.15) is 0 Å². The van der Waals surface area contributed by atoms with E-state index in [2.05, 4.69) is 54.3 Å². The maximum Gasteiger partial charge on any atom is 0.340 e. The van der Waals surface area contributed by atoms with Gasteiger partial charge >= 0.3 is 5.97 Å². The van der Waals surface area contributed by atoms with Crippen LogP contribution in [0.1, 0.15) is 92.9 Å². The van der Waals surface area contributed by atoms with E-state index in [0.717, 1.165) is 31.1 Å². The summed E-state index contributed by atoms with van der Waals surface area (Å²) < 4.78 is 18.3. The van der Waals surface area contributed by atoms with Crippen molar-refractivity contribution in [2.45, 2.75) is 131 Å². The van der Waals surface area contributed by atoms with Gasteiger partial charge in [0.1, 0.15) is 0 Å². The minimum absolute atomic E-state index is 0.188. The van der Waals surface area contributed by atoms with Gasteiger partial charge in [-0.25, -0.2) is 4.79 Å². The van der Waals surface area contributed by atoms with Crippen molar-refractivity contribution in [1.29, 1.82) is 0 Å². The number of hydrogen-bond donors (Lipinski definition) is 0. The van der Waals surface area contributed by atoms with Crippen LogP contribution in [0.25, 0.3) is 0 Å². The van der Waals surface area contributed by atoms with Crippen molar-refractivity contribution in [2.75, 3.05) is 0 Å². The lowest BCUT2D eigenvalue weighted by Gasteiger charge is -2.48. The summed E-state index contributed by atoms with van der Waals surface area (Å²) in [7, 11) is -1.51. The van der Waals surface area contributed by atoms with E-state index in [1.54, 1.807) is 0 Å². The Labute approximate surface area is 192 Å². The zero-order valence-corrected chi connectivity index (χ0v) is 22.7. The first-order chi connectivity index (χ1) is 14.2. The summed E-state index contributed by atoms with van der Waals surface area (Å²) in [6.07, 6.45) is 9.48. The molecule has 0 spiro atoms. The summed E-state index contributed by atoms with van der Waals surface area (Å²) in [5, 5.41) is 0. The predicted octanol–water partition coefficient (Wildman–Crippen LogP) is 6.93. The standard InChI is InChI=1S/C26H48O4Si/c1-18(12-10-17-26(6)22(27)28-23(29-26)24(2,3)4)19-14-15-20-21(30-31(7,8)9)13-11-16-25(19,20)5/h18-21,23H,10-17H2,1-9H3/t18-,19-,20?,21?,23-,25+,26-/m1/s1.